The molecule has 7 N–H and O–H groups in total. The molecular formula is C30H41ClFN3O2Y-2. The molecule has 3 aromatic carbocycles. The van der Waals surface area contributed by atoms with Gasteiger partial charge in [-0.3, -0.25) is 4.39 Å². The molecule has 1 saturated carbocycles. The molecule has 8 heteroatoms. The monoisotopic (exact) mass is 618 g/mol. The van der Waals surface area contributed by atoms with E-state index in [-0.39, 0.29) is 69.3 Å². The van der Waals surface area contributed by atoms with Crippen molar-refractivity contribution in [1.82, 2.24) is 0 Å². The summed E-state index contributed by atoms with van der Waals surface area (Å²) >= 11 is 6.35. The van der Waals surface area contributed by atoms with E-state index in [1.165, 1.54) is 38.2 Å². The first-order chi connectivity index (χ1) is 17.5. The summed E-state index contributed by atoms with van der Waals surface area (Å²) in [5.41, 5.74) is 14.4. The molecule has 1 aliphatic rings. The van der Waals surface area contributed by atoms with Crippen LogP contribution < -0.4 is 16.2 Å². The molecule has 1 atom stereocenters. The van der Waals surface area contributed by atoms with Gasteiger partial charge in [0.2, 0.25) is 0 Å². The third-order valence-corrected chi connectivity index (χ3v) is 6.33. The van der Waals surface area contributed by atoms with Crippen LogP contribution in [0.15, 0.2) is 60.7 Å². The second-order valence-electron chi connectivity index (χ2n) is 8.44. The van der Waals surface area contributed by atoms with Crippen LogP contribution in [0.5, 0.6) is 5.75 Å². The minimum absolute atomic E-state index is 0. The van der Waals surface area contributed by atoms with E-state index >= 15 is 0 Å². The number of aliphatic hydroxyl groups is 1. The van der Waals surface area contributed by atoms with Crippen molar-refractivity contribution >= 4 is 11.6 Å². The van der Waals surface area contributed by atoms with E-state index < -0.39 is 5.82 Å². The van der Waals surface area contributed by atoms with Crippen molar-refractivity contribution < 1.29 is 46.9 Å². The van der Waals surface area contributed by atoms with Gasteiger partial charge in [0.05, 0.1) is 18.2 Å². The van der Waals surface area contributed by atoms with Crippen molar-refractivity contribution in [1.29, 1.82) is 0 Å². The first kappa shape index (κ1) is 36.6. The first-order valence-corrected chi connectivity index (χ1v) is 13.2. The maximum absolute atomic E-state index is 14.9. The zero-order valence-electron chi connectivity index (χ0n) is 22.5. The van der Waals surface area contributed by atoms with Gasteiger partial charge in [0.1, 0.15) is 6.61 Å². The van der Waals surface area contributed by atoms with E-state index in [9.17, 15) is 4.39 Å². The van der Waals surface area contributed by atoms with Gasteiger partial charge in [-0.1, -0.05) is 105 Å². The second-order valence-corrected chi connectivity index (χ2v) is 8.85. The second kappa shape index (κ2) is 20.5. The van der Waals surface area contributed by atoms with Crippen LogP contribution >= 0.6 is 11.6 Å². The molecular weight excluding hydrogens is 578 g/mol. The molecule has 207 valence electrons. The van der Waals surface area contributed by atoms with Crippen molar-refractivity contribution in [3.05, 3.63) is 94.8 Å². The average Bonchev–Trinajstić information content (AvgIpc) is 2.92. The molecule has 4 rings (SSSR count). The Bertz CT molecular complexity index is 1040. The third kappa shape index (κ3) is 11.0. The molecule has 1 fully saturated rings. The first-order valence-electron chi connectivity index (χ1n) is 12.8. The Labute approximate surface area is 258 Å². The Morgan fingerprint density at radius 3 is 2.26 bits per heavy atom. The quantitative estimate of drug-likeness (QED) is 0.239. The maximum atomic E-state index is 14.9. The number of benzene rings is 3. The van der Waals surface area contributed by atoms with Crippen molar-refractivity contribution in [2.24, 2.45) is 11.5 Å². The van der Waals surface area contributed by atoms with E-state index in [0.29, 0.717) is 23.2 Å². The molecule has 0 amide bonds. The Morgan fingerprint density at radius 1 is 1.05 bits per heavy atom. The molecule has 1 unspecified atom stereocenters. The Balaban J connectivity index is 0.00000107. The number of halogens is 2. The summed E-state index contributed by atoms with van der Waals surface area (Å²) in [4.78, 5) is 0. The molecule has 1 aliphatic carbocycles. The number of hydrogen-bond donors (Lipinski definition) is 3. The van der Waals surface area contributed by atoms with Crippen LogP contribution in [-0.2, 0) is 32.7 Å². The standard InChI is InChI=1S/C22H20ClFNO2.C6H13N.C2H6.H2N.Y/c23-20-10-9-16(19(14-25)15-5-2-1-3-6-15)13-18(20)17-7-4-8-21(22(17)24)27-12-11-26;7-6-4-2-1-3-5-6;1-2;;/h1-6,8-10,13,19,26H,11-12,14,25H2;6H,1-5,7H2;1-2H3;1H2;/q-1;;;-1;. The molecule has 0 aromatic heterocycles. The minimum atomic E-state index is -0.561. The fourth-order valence-corrected chi connectivity index (χ4v) is 4.37. The number of hydrogen-bond acceptors (Lipinski definition) is 4. The van der Waals surface area contributed by atoms with E-state index in [1.807, 2.05) is 56.3 Å². The maximum Gasteiger partial charge on any atom is 0.109 e. The molecule has 0 aliphatic heterocycles. The van der Waals surface area contributed by atoms with Gasteiger partial charge in [0.15, 0.2) is 0 Å². The van der Waals surface area contributed by atoms with Crippen LogP contribution in [0.25, 0.3) is 17.3 Å². The Kier molecular flexibility index (Phi) is 19.8. The summed E-state index contributed by atoms with van der Waals surface area (Å²) in [6.07, 6.45) is 6.66. The minimum Gasteiger partial charge on any atom is -0.693 e. The molecule has 5 nitrogen and oxygen atoms in total. The fourth-order valence-electron chi connectivity index (χ4n) is 4.16. The summed E-state index contributed by atoms with van der Waals surface area (Å²) < 4.78 is 20.1. The van der Waals surface area contributed by atoms with Gasteiger partial charge in [-0.25, -0.2) is 0 Å². The smallest absolute Gasteiger partial charge is 0.109 e. The summed E-state index contributed by atoms with van der Waals surface area (Å²) in [5.74, 6) is -0.536. The Morgan fingerprint density at radius 2 is 1.71 bits per heavy atom. The third-order valence-electron chi connectivity index (χ3n) is 6.00. The van der Waals surface area contributed by atoms with Crippen LogP contribution in [0.4, 0.5) is 4.39 Å². The SMILES string of the molecule is CC.NC1CCCCC1.NCC(c1ccccc1)c1ccc(Cl)c(-c2[c-]ccc(OCCO)c2F)c1.[NH2-].[Y]. The Hall–Kier alpha value is -1.38. The van der Waals surface area contributed by atoms with E-state index in [2.05, 4.69) is 6.07 Å². The van der Waals surface area contributed by atoms with Gasteiger partial charge >= 0.3 is 0 Å². The van der Waals surface area contributed by atoms with E-state index in [0.717, 1.165) is 11.1 Å². The molecule has 0 spiro atoms. The predicted octanol–water partition coefficient (Wildman–Crippen LogP) is 7.43. The summed E-state index contributed by atoms with van der Waals surface area (Å²) in [5, 5.41) is 9.31. The van der Waals surface area contributed by atoms with Crippen LogP contribution in [-0.4, -0.2) is 30.9 Å². The van der Waals surface area contributed by atoms with Crippen LogP contribution in [0.2, 0.25) is 5.02 Å². The topological polar surface area (TPSA) is 115 Å². The fraction of sp³-hybridized carbons (Fsp3) is 0.400. The molecule has 38 heavy (non-hydrogen) atoms. The average molecular weight is 619 g/mol. The summed E-state index contributed by atoms with van der Waals surface area (Å²) in [6.45, 7) is 4.23. The molecule has 1 radical (unpaired) electrons. The van der Waals surface area contributed by atoms with Gasteiger partial charge in [-0.05, 0) is 24.0 Å². The van der Waals surface area contributed by atoms with Gasteiger partial charge in [-0.15, -0.1) is 17.7 Å². The number of nitrogens with two attached hydrogens (primary N) is 3. The van der Waals surface area contributed by atoms with Crippen LogP contribution in [0.3, 0.4) is 0 Å². The normalized spacial score (nSPS) is 13.3. The van der Waals surface area contributed by atoms with Gasteiger partial charge in [-0.2, -0.15) is 0 Å². The zero-order chi connectivity index (χ0) is 26.3. The van der Waals surface area contributed by atoms with Crippen molar-refractivity contribution in [2.75, 3.05) is 19.8 Å². The molecule has 0 heterocycles. The summed E-state index contributed by atoms with van der Waals surface area (Å²) in [6, 6.07) is 21.9. The van der Waals surface area contributed by atoms with Crippen LogP contribution in [0, 0.1) is 11.9 Å². The zero-order valence-corrected chi connectivity index (χ0v) is 26.1. The van der Waals surface area contributed by atoms with Crippen molar-refractivity contribution in [3.8, 4) is 16.9 Å². The van der Waals surface area contributed by atoms with E-state index in [4.69, 9.17) is 32.9 Å². The number of aliphatic hydroxyl groups excluding tert-OH is 1. The van der Waals surface area contributed by atoms with Gasteiger partial charge in [0.25, 0.3) is 0 Å². The van der Waals surface area contributed by atoms with Crippen molar-refractivity contribution in [3.63, 3.8) is 0 Å². The number of ether oxygens (including phenoxy) is 1. The van der Waals surface area contributed by atoms with Gasteiger partial charge in [0, 0.05) is 56.2 Å². The van der Waals surface area contributed by atoms with Crippen molar-refractivity contribution in [2.45, 2.75) is 57.9 Å². The molecule has 0 bridgehead atoms. The van der Waals surface area contributed by atoms with Gasteiger partial charge < -0.3 is 27.5 Å². The predicted molar refractivity (Wildman–Crippen MR) is 153 cm³/mol. The van der Waals surface area contributed by atoms with Crippen LogP contribution in [0.1, 0.15) is 63.0 Å². The molecule has 0 saturated heterocycles. The summed E-state index contributed by atoms with van der Waals surface area (Å²) in [7, 11) is 0. The van der Waals surface area contributed by atoms with E-state index in [1.54, 1.807) is 12.1 Å². The largest absolute Gasteiger partial charge is 0.693 e. The number of rotatable bonds is 7. The molecule has 3 aromatic rings.